The van der Waals surface area contributed by atoms with Crippen molar-refractivity contribution < 1.29 is 14.3 Å². The Morgan fingerprint density at radius 3 is 2.18 bits per heavy atom. The van der Waals surface area contributed by atoms with E-state index < -0.39 is 5.60 Å². The SMILES string of the molecule is CC(C)(C)OC(=O)N1C[C@@H]2C[C@@H]3O[C@@H]3C[C@H]2C1. The van der Waals surface area contributed by atoms with Gasteiger partial charge in [0, 0.05) is 13.1 Å². The van der Waals surface area contributed by atoms with Crippen molar-refractivity contribution >= 4 is 6.09 Å². The largest absolute Gasteiger partial charge is 0.444 e. The highest BCUT2D eigenvalue weighted by Crippen LogP contribution is 2.46. The zero-order valence-corrected chi connectivity index (χ0v) is 10.8. The monoisotopic (exact) mass is 239 g/mol. The number of ether oxygens (including phenoxy) is 2. The smallest absolute Gasteiger partial charge is 0.410 e. The van der Waals surface area contributed by atoms with Gasteiger partial charge in [-0.2, -0.15) is 0 Å². The molecule has 0 N–H and O–H groups in total. The number of carbonyl (C=O) groups excluding carboxylic acids is 1. The second kappa shape index (κ2) is 3.61. The predicted molar refractivity (Wildman–Crippen MR) is 62.7 cm³/mol. The summed E-state index contributed by atoms with van der Waals surface area (Å²) in [6, 6.07) is 0. The van der Waals surface area contributed by atoms with E-state index in [1.807, 2.05) is 25.7 Å². The van der Waals surface area contributed by atoms with Gasteiger partial charge < -0.3 is 14.4 Å². The maximum Gasteiger partial charge on any atom is 0.410 e. The Balaban J connectivity index is 1.58. The van der Waals surface area contributed by atoms with Gasteiger partial charge in [-0.1, -0.05) is 0 Å². The Morgan fingerprint density at radius 1 is 1.18 bits per heavy atom. The van der Waals surface area contributed by atoms with Gasteiger partial charge in [0.15, 0.2) is 0 Å². The fraction of sp³-hybridized carbons (Fsp3) is 0.923. The highest BCUT2D eigenvalue weighted by molar-refractivity contribution is 5.68. The predicted octanol–water partition coefficient (Wildman–Crippen LogP) is 2.03. The summed E-state index contributed by atoms with van der Waals surface area (Å²) in [4.78, 5) is 13.8. The molecule has 0 radical (unpaired) electrons. The number of hydrogen-bond acceptors (Lipinski definition) is 3. The minimum atomic E-state index is -0.393. The lowest BCUT2D eigenvalue weighted by Crippen LogP contribution is -2.35. The van der Waals surface area contributed by atoms with E-state index in [0.29, 0.717) is 24.0 Å². The number of amides is 1. The van der Waals surface area contributed by atoms with Crippen molar-refractivity contribution in [1.82, 2.24) is 4.90 Å². The van der Waals surface area contributed by atoms with Crippen LogP contribution in [0.4, 0.5) is 4.79 Å². The number of fused-ring (bicyclic) bond motifs is 2. The van der Waals surface area contributed by atoms with Crippen LogP contribution < -0.4 is 0 Å². The van der Waals surface area contributed by atoms with Crippen LogP contribution in [0.15, 0.2) is 0 Å². The molecular weight excluding hydrogens is 218 g/mol. The van der Waals surface area contributed by atoms with Crippen molar-refractivity contribution in [2.24, 2.45) is 11.8 Å². The number of hydrogen-bond donors (Lipinski definition) is 0. The molecule has 0 unspecified atom stereocenters. The van der Waals surface area contributed by atoms with Crippen LogP contribution in [0.2, 0.25) is 0 Å². The molecule has 0 spiro atoms. The van der Waals surface area contributed by atoms with Crippen molar-refractivity contribution in [2.45, 2.75) is 51.4 Å². The van der Waals surface area contributed by atoms with Crippen LogP contribution in [0.3, 0.4) is 0 Å². The molecule has 3 rings (SSSR count). The van der Waals surface area contributed by atoms with Crippen molar-refractivity contribution in [3.63, 3.8) is 0 Å². The van der Waals surface area contributed by atoms with Crippen molar-refractivity contribution in [1.29, 1.82) is 0 Å². The number of likely N-dealkylation sites (tertiary alicyclic amines) is 1. The minimum Gasteiger partial charge on any atom is -0.444 e. The molecule has 4 heteroatoms. The van der Waals surface area contributed by atoms with E-state index >= 15 is 0 Å². The first-order chi connectivity index (χ1) is 7.92. The lowest BCUT2D eigenvalue weighted by atomic mass is 9.82. The average molecular weight is 239 g/mol. The van der Waals surface area contributed by atoms with E-state index in [-0.39, 0.29) is 6.09 Å². The Bertz CT molecular complexity index is 318. The van der Waals surface area contributed by atoms with Gasteiger partial charge in [0.25, 0.3) is 0 Å². The van der Waals surface area contributed by atoms with Gasteiger partial charge in [-0.15, -0.1) is 0 Å². The van der Waals surface area contributed by atoms with Crippen LogP contribution >= 0.6 is 0 Å². The van der Waals surface area contributed by atoms with Gasteiger partial charge >= 0.3 is 6.09 Å². The van der Waals surface area contributed by atoms with Crippen LogP contribution in [0.1, 0.15) is 33.6 Å². The Morgan fingerprint density at radius 2 is 1.71 bits per heavy atom. The summed E-state index contributed by atoms with van der Waals surface area (Å²) in [5, 5.41) is 0. The van der Waals surface area contributed by atoms with Gasteiger partial charge in [0.05, 0.1) is 12.2 Å². The third kappa shape index (κ3) is 2.28. The van der Waals surface area contributed by atoms with Crippen LogP contribution in [0.5, 0.6) is 0 Å². The van der Waals surface area contributed by atoms with E-state index in [2.05, 4.69) is 0 Å². The zero-order chi connectivity index (χ0) is 12.2. The summed E-state index contributed by atoms with van der Waals surface area (Å²) in [7, 11) is 0. The molecule has 0 aromatic heterocycles. The van der Waals surface area contributed by atoms with Gasteiger partial charge in [-0.3, -0.25) is 0 Å². The molecule has 2 aliphatic heterocycles. The first-order valence-electron chi connectivity index (χ1n) is 6.56. The zero-order valence-electron chi connectivity index (χ0n) is 10.8. The van der Waals surface area contributed by atoms with E-state index in [1.54, 1.807) is 0 Å². The Labute approximate surface area is 102 Å². The summed E-state index contributed by atoms with van der Waals surface area (Å²) >= 11 is 0. The maximum absolute atomic E-state index is 12.0. The molecule has 1 amide bonds. The normalized spacial score (nSPS) is 39.6. The number of rotatable bonds is 0. The fourth-order valence-corrected chi connectivity index (χ4v) is 3.14. The standard InChI is InChI=1S/C13H21NO3/c1-13(2,3)17-12(15)14-6-8-4-10-11(16-10)5-9(8)7-14/h8-11H,4-7H2,1-3H3/t8-,9-,10-,11+/m0/s1. The summed E-state index contributed by atoms with van der Waals surface area (Å²) in [5.74, 6) is 1.26. The highest BCUT2D eigenvalue weighted by atomic mass is 16.6. The van der Waals surface area contributed by atoms with E-state index in [4.69, 9.17) is 9.47 Å². The van der Waals surface area contributed by atoms with Crippen molar-refractivity contribution in [2.75, 3.05) is 13.1 Å². The second-order valence-electron chi connectivity index (χ2n) is 6.59. The third-order valence-corrected chi connectivity index (χ3v) is 3.99. The van der Waals surface area contributed by atoms with Gasteiger partial charge in [0.2, 0.25) is 0 Å². The lowest BCUT2D eigenvalue weighted by molar-refractivity contribution is 0.0282. The topological polar surface area (TPSA) is 42.1 Å². The molecule has 1 aliphatic carbocycles. The van der Waals surface area contributed by atoms with Gasteiger partial charge in [-0.25, -0.2) is 4.79 Å². The average Bonchev–Trinajstić information content (AvgIpc) is 2.79. The van der Waals surface area contributed by atoms with Crippen LogP contribution in [-0.4, -0.2) is 41.9 Å². The molecule has 0 aromatic carbocycles. The van der Waals surface area contributed by atoms with E-state index in [1.165, 1.54) is 0 Å². The lowest BCUT2D eigenvalue weighted by Gasteiger charge is -2.24. The molecule has 2 heterocycles. The molecular formula is C13H21NO3. The van der Waals surface area contributed by atoms with Crippen molar-refractivity contribution in [3.8, 4) is 0 Å². The quantitative estimate of drug-likeness (QED) is 0.607. The fourth-order valence-electron chi connectivity index (χ4n) is 3.14. The molecule has 2 saturated heterocycles. The molecule has 96 valence electrons. The number of epoxide rings is 1. The summed E-state index contributed by atoms with van der Waals surface area (Å²) < 4.78 is 11.0. The molecule has 3 fully saturated rings. The molecule has 0 bridgehead atoms. The number of nitrogens with zero attached hydrogens (tertiary/aromatic N) is 1. The molecule has 1 saturated carbocycles. The van der Waals surface area contributed by atoms with E-state index in [0.717, 1.165) is 25.9 Å². The third-order valence-electron chi connectivity index (χ3n) is 3.99. The van der Waals surface area contributed by atoms with Gasteiger partial charge in [-0.05, 0) is 45.4 Å². The maximum atomic E-state index is 12.0. The van der Waals surface area contributed by atoms with Crippen LogP contribution in [0.25, 0.3) is 0 Å². The minimum absolute atomic E-state index is 0.151. The second-order valence-corrected chi connectivity index (χ2v) is 6.59. The van der Waals surface area contributed by atoms with Gasteiger partial charge in [0.1, 0.15) is 5.60 Å². The Hall–Kier alpha value is -0.770. The van der Waals surface area contributed by atoms with Crippen LogP contribution in [0, 0.1) is 11.8 Å². The van der Waals surface area contributed by atoms with Crippen molar-refractivity contribution in [3.05, 3.63) is 0 Å². The highest BCUT2D eigenvalue weighted by Gasteiger charge is 2.51. The summed E-state index contributed by atoms with van der Waals surface area (Å²) in [6.45, 7) is 7.45. The molecule has 4 atom stereocenters. The number of carbonyl (C=O) groups is 1. The van der Waals surface area contributed by atoms with Crippen LogP contribution in [-0.2, 0) is 9.47 Å². The molecule has 4 nitrogen and oxygen atoms in total. The Kier molecular flexibility index (Phi) is 2.41. The summed E-state index contributed by atoms with van der Waals surface area (Å²) in [5.41, 5.74) is -0.393. The van der Waals surface area contributed by atoms with E-state index in [9.17, 15) is 4.79 Å². The molecule has 0 aromatic rings. The molecule has 3 aliphatic rings. The molecule has 17 heavy (non-hydrogen) atoms. The first-order valence-corrected chi connectivity index (χ1v) is 6.56. The first kappa shape index (κ1) is 11.3. The summed E-state index contributed by atoms with van der Waals surface area (Å²) in [6.07, 6.45) is 3.11.